The van der Waals surface area contributed by atoms with Crippen LogP contribution in [0.2, 0.25) is 0 Å². The predicted molar refractivity (Wildman–Crippen MR) is 92.3 cm³/mol. The summed E-state index contributed by atoms with van der Waals surface area (Å²) in [6.45, 7) is 8.53. The molecule has 0 aromatic carbocycles. The third kappa shape index (κ3) is 2.12. The van der Waals surface area contributed by atoms with Crippen LogP contribution in [0.3, 0.4) is 0 Å². The van der Waals surface area contributed by atoms with Crippen LogP contribution in [0.5, 0.6) is 0 Å². The number of hydrogen-bond acceptors (Lipinski definition) is 7. The van der Waals surface area contributed by atoms with Gasteiger partial charge in [0.2, 0.25) is 0 Å². The van der Waals surface area contributed by atoms with Crippen molar-refractivity contribution in [2.45, 2.75) is 50.6 Å². The summed E-state index contributed by atoms with van der Waals surface area (Å²) in [5.74, 6) is -3.00. The first-order valence-electron chi connectivity index (χ1n) is 8.99. The van der Waals surface area contributed by atoms with Crippen molar-refractivity contribution < 1.29 is 33.7 Å². The van der Waals surface area contributed by atoms with E-state index in [4.69, 9.17) is 14.2 Å². The van der Waals surface area contributed by atoms with Crippen molar-refractivity contribution in [3.8, 4) is 0 Å². The fourth-order valence-corrected chi connectivity index (χ4v) is 4.77. The second-order valence-electron chi connectivity index (χ2n) is 7.75. The van der Waals surface area contributed by atoms with Crippen molar-refractivity contribution >= 4 is 17.7 Å². The summed E-state index contributed by atoms with van der Waals surface area (Å²) in [6, 6.07) is 0. The Balaban J connectivity index is 1.86. The molecule has 0 bridgehead atoms. The lowest BCUT2D eigenvalue weighted by Gasteiger charge is -2.41. The van der Waals surface area contributed by atoms with Gasteiger partial charge in [-0.3, -0.25) is 4.79 Å². The number of Topliss-reactive ketones (excluding diaryl/α,β-unsaturated/α-hetero) is 1. The van der Waals surface area contributed by atoms with E-state index in [1.165, 1.54) is 0 Å². The van der Waals surface area contributed by atoms with Gasteiger partial charge in [-0.05, 0) is 26.3 Å². The van der Waals surface area contributed by atoms with Crippen LogP contribution in [0, 0.1) is 11.8 Å². The molecule has 144 valence electrons. The Labute approximate surface area is 156 Å². The molecule has 2 aliphatic heterocycles. The average molecular weight is 374 g/mol. The summed E-state index contributed by atoms with van der Waals surface area (Å²) in [4.78, 5) is 37.8. The first-order chi connectivity index (χ1) is 12.7. The Hall–Kier alpha value is -2.25. The van der Waals surface area contributed by atoms with Crippen molar-refractivity contribution in [3.05, 3.63) is 35.5 Å². The molecule has 1 N–H and O–H groups in total. The summed E-state index contributed by atoms with van der Waals surface area (Å²) >= 11 is 0. The zero-order valence-electron chi connectivity index (χ0n) is 15.5. The van der Waals surface area contributed by atoms with Crippen molar-refractivity contribution in [3.63, 3.8) is 0 Å². The van der Waals surface area contributed by atoms with Crippen molar-refractivity contribution in [1.29, 1.82) is 0 Å². The van der Waals surface area contributed by atoms with Crippen LogP contribution in [0.15, 0.2) is 35.5 Å². The summed E-state index contributed by atoms with van der Waals surface area (Å²) in [7, 11) is 0. The van der Waals surface area contributed by atoms with Crippen LogP contribution in [-0.4, -0.2) is 52.8 Å². The maximum Gasteiger partial charge on any atom is 0.334 e. The van der Waals surface area contributed by atoms with Gasteiger partial charge in [0.05, 0.1) is 18.4 Å². The monoisotopic (exact) mass is 374 g/mol. The SMILES string of the molecule is C=C1C(=O)O[C@@H]2[C@H]1C(=O)[C@H]1O[C@@]1(C)[C@]1(OC(=O)C(C)=CC)CC=C(CO)[C@H]21. The Morgan fingerprint density at radius 3 is 2.81 bits per heavy atom. The van der Waals surface area contributed by atoms with E-state index in [2.05, 4.69) is 6.58 Å². The van der Waals surface area contributed by atoms with Crippen LogP contribution < -0.4 is 0 Å². The molecule has 7 heteroatoms. The fraction of sp³-hybridized carbons (Fsp3) is 0.550. The topological polar surface area (TPSA) is 102 Å². The van der Waals surface area contributed by atoms with Gasteiger partial charge in [0.1, 0.15) is 11.7 Å². The van der Waals surface area contributed by atoms with Crippen LogP contribution in [0.25, 0.3) is 0 Å². The maximum absolute atomic E-state index is 13.0. The highest BCUT2D eigenvalue weighted by atomic mass is 16.7. The number of epoxide rings is 1. The molecule has 4 rings (SSSR count). The average Bonchev–Trinajstić information content (AvgIpc) is 3.10. The van der Waals surface area contributed by atoms with Crippen LogP contribution in [0.1, 0.15) is 27.2 Å². The van der Waals surface area contributed by atoms with Gasteiger partial charge in [0, 0.05) is 17.6 Å². The molecule has 4 aliphatic rings. The molecule has 0 aromatic heterocycles. The normalized spacial score (nSPS) is 42.6. The molecule has 0 unspecified atom stereocenters. The van der Waals surface area contributed by atoms with Crippen LogP contribution in [-0.2, 0) is 28.6 Å². The number of ketones is 1. The van der Waals surface area contributed by atoms with Crippen molar-refractivity contribution in [1.82, 2.24) is 0 Å². The molecule has 2 saturated heterocycles. The van der Waals surface area contributed by atoms with Gasteiger partial charge in [0.25, 0.3) is 0 Å². The quantitative estimate of drug-likeness (QED) is 0.340. The highest BCUT2D eigenvalue weighted by Gasteiger charge is 2.79. The molecule has 1 saturated carbocycles. The molecule has 0 aromatic rings. The highest BCUT2D eigenvalue weighted by Crippen LogP contribution is 2.63. The third-order valence-corrected chi connectivity index (χ3v) is 6.53. The zero-order valence-corrected chi connectivity index (χ0v) is 15.5. The van der Waals surface area contributed by atoms with Crippen LogP contribution in [0.4, 0.5) is 0 Å². The second kappa shape index (κ2) is 5.62. The van der Waals surface area contributed by atoms with Gasteiger partial charge in [-0.15, -0.1) is 0 Å². The van der Waals surface area contributed by atoms with E-state index in [-0.39, 0.29) is 24.4 Å². The number of fused-ring (bicyclic) bond motifs is 5. The molecular formula is C20H22O7. The molecule has 0 radical (unpaired) electrons. The largest absolute Gasteiger partial charge is 0.457 e. The number of carbonyl (C=O) groups excluding carboxylic acids is 3. The highest BCUT2D eigenvalue weighted by molar-refractivity contribution is 6.04. The van der Waals surface area contributed by atoms with Gasteiger partial charge < -0.3 is 19.3 Å². The number of esters is 2. The van der Waals surface area contributed by atoms with Gasteiger partial charge in [-0.2, -0.15) is 0 Å². The smallest absolute Gasteiger partial charge is 0.334 e. The number of ether oxygens (including phenoxy) is 3. The number of carbonyl (C=O) groups is 3. The third-order valence-electron chi connectivity index (χ3n) is 6.53. The molecule has 0 spiro atoms. The molecule has 2 aliphatic carbocycles. The number of allylic oxidation sites excluding steroid dienone is 1. The van der Waals surface area contributed by atoms with E-state index >= 15 is 0 Å². The van der Waals surface area contributed by atoms with Crippen molar-refractivity contribution in [2.24, 2.45) is 11.8 Å². The molecule has 3 fully saturated rings. The van der Waals surface area contributed by atoms with Gasteiger partial charge in [-0.1, -0.05) is 18.7 Å². The minimum atomic E-state index is -1.24. The molecule has 7 nitrogen and oxygen atoms in total. The Morgan fingerprint density at radius 2 is 2.19 bits per heavy atom. The van der Waals surface area contributed by atoms with Gasteiger partial charge in [-0.25, -0.2) is 9.59 Å². The lowest BCUT2D eigenvalue weighted by molar-refractivity contribution is -0.177. The van der Waals surface area contributed by atoms with E-state index < -0.39 is 47.2 Å². The molecule has 27 heavy (non-hydrogen) atoms. The Morgan fingerprint density at radius 1 is 1.48 bits per heavy atom. The summed E-state index contributed by atoms with van der Waals surface area (Å²) in [5, 5.41) is 9.89. The zero-order chi connectivity index (χ0) is 19.7. The summed E-state index contributed by atoms with van der Waals surface area (Å²) < 4.78 is 17.3. The molecular weight excluding hydrogens is 352 g/mol. The maximum atomic E-state index is 13.0. The lowest BCUT2D eigenvalue weighted by atomic mass is 9.73. The number of aliphatic hydroxyl groups excluding tert-OH is 1. The van der Waals surface area contributed by atoms with E-state index in [0.717, 1.165) is 0 Å². The Bertz CT molecular complexity index is 837. The standard InChI is InChI=1S/C20H22O7/c1-5-9(2)17(23)27-20-7-6-11(8-21)13(20)15-12(10(3)18(24)25-15)14(22)16-19(20,4)26-16/h5-6,12-13,15-16,21H,3,7-8H2,1-2,4H3/t12-,13-,15-,16-,19-,20+/m1/s1. The fourth-order valence-electron chi connectivity index (χ4n) is 4.77. The summed E-state index contributed by atoms with van der Waals surface area (Å²) in [5.41, 5.74) is -1.22. The Kier molecular flexibility index (Phi) is 3.78. The van der Waals surface area contributed by atoms with E-state index in [0.29, 0.717) is 11.1 Å². The van der Waals surface area contributed by atoms with E-state index in [9.17, 15) is 19.5 Å². The molecule has 0 amide bonds. The first-order valence-corrected chi connectivity index (χ1v) is 8.99. The lowest BCUT2D eigenvalue weighted by Crippen LogP contribution is -2.55. The second-order valence-corrected chi connectivity index (χ2v) is 7.75. The van der Waals surface area contributed by atoms with E-state index in [1.807, 2.05) is 0 Å². The number of hydrogen-bond donors (Lipinski definition) is 1. The van der Waals surface area contributed by atoms with Crippen LogP contribution >= 0.6 is 0 Å². The first kappa shape index (κ1) is 18.1. The minimum absolute atomic E-state index is 0.0822. The summed E-state index contributed by atoms with van der Waals surface area (Å²) in [6.07, 6.45) is 2.01. The van der Waals surface area contributed by atoms with Crippen molar-refractivity contribution in [2.75, 3.05) is 6.61 Å². The number of aliphatic hydroxyl groups is 1. The minimum Gasteiger partial charge on any atom is -0.457 e. The number of rotatable bonds is 3. The van der Waals surface area contributed by atoms with Gasteiger partial charge in [0.15, 0.2) is 17.5 Å². The van der Waals surface area contributed by atoms with E-state index in [1.54, 1.807) is 32.9 Å². The predicted octanol–water partition coefficient (Wildman–Crippen LogP) is 1.01. The molecule has 6 atom stereocenters. The van der Waals surface area contributed by atoms with Gasteiger partial charge >= 0.3 is 11.9 Å². The molecule has 2 heterocycles.